The Hall–Kier alpha value is -0.480. The van der Waals surface area contributed by atoms with E-state index in [0.717, 1.165) is 6.54 Å². The van der Waals surface area contributed by atoms with E-state index in [-0.39, 0.29) is 6.04 Å². The Balaban J connectivity index is 2.13. The summed E-state index contributed by atoms with van der Waals surface area (Å²) in [5, 5.41) is 0. The largest absolute Gasteiger partial charge is 0.332 e. The summed E-state index contributed by atoms with van der Waals surface area (Å²) in [7, 11) is 0. The molecule has 0 amide bonds. The molecular formula is C12H21N3S. The zero-order valence-electron chi connectivity index (χ0n) is 10.3. The summed E-state index contributed by atoms with van der Waals surface area (Å²) in [6, 6.07) is 0.0974. The predicted octanol–water partition coefficient (Wildman–Crippen LogP) is 2.43. The van der Waals surface area contributed by atoms with Gasteiger partial charge in [-0.15, -0.1) is 0 Å². The maximum absolute atomic E-state index is 6.20. The van der Waals surface area contributed by atoms with Crippen molar-refractivity contribution in [2.75, 3.05) is 6.26 Å². The molecule has 90 valence electrons. The van der Waals surface area contributed by atoms with Crippen LogP contribution in [0.1, 0.15) is 38.4 Å². The molecule has 16 heavy (non-hydrogen) atoms. The summed E-state index contributed by atoms with van der Waals surface area (Å²) in [6.07, 6.45) is 8.69. The fourth-order valence-corrected chi connectivity index (χ4v) is 2.74. The second-order valence-electron chi connectivity index (χ2n) is 5.10. The van der Waals surface area contributed by atoms with Crippen LogP contribution in [0.2, 0.25) is 0 Å². The van der Waals surface area contributed by atoms with Gasteiger partial charge in [0.1, 0.15) is 0 Å². The van der Waals surface area contributed by atoms with Gasteiger partial charge in [0.2, 0.25) is 0 Å². The van der Waals surface area contributed by atoms with Gasteiger partial charge in [0.05, 0.1) is 12.0 Å². The SMILES string of the molecule is CSC1(Cn2cncc2C(N)C(C)C)CC1. The smallest absolute Gasteiger partial charge is 0.0949 e. The van der Waals surface area contributed by atoms with Crippen molar-refractivity contribution in [1.29, 1.82) is 0 Å². The van der Waals surface area contributed by atoms with Crippen LogP contribution in [0.15, 0.2) is 12.5 Å². The number of hydrogen-bond donors (Lipinski definition) is 1. The Bertz CT molecular complexity index is 355. The maximum atomic E-state index is 6.20. The van der Waals surface area contributed by atoms with E-state index in [9.17, 15) is 0 Å². The molecule has 0 radical (unpaired) electrons. The zero-order valence-corrected chi connectivity index (χ0v) is 11.1. The first-order valence-corrected chi connectivity index (χ1v) is 7.11. The molecule has 0 spiro atoms. The number of imidazole rings is 1. The van der Waals surface area contributed by atoms with Gasteiger partial charge in [-0.2, -0.15) is 11.8 Å². The second kappa shape index (κ2) is 4.41. The lowest BCUT2D eigenvalue weighted by Crippen LogP contribution is -2.23. The van der Waals surface area contributed by atoms with Gasteiger partial charge in [0.15, 0.2) is 0 Å². The van der Waals surface area contributed by atoms with E-state index in [1.807, 2.05) is 24.3 Å². The van der Waals surface area contributed by atoms with Crippen molar-refractivity contribution < 1.29 is 0 Å². The molecule has 0 aromatic carbocycles. The van der Waals surface area contributed by atoms with Crippen molar-refractivity contribution in [3.05, 3.63) is 18.2 Å². The van der Waals surface area contributed by atoms with Gasteiger partial charge in [-0.05, 0) is 25.0 Å². The zero-order chi connectivity index (χ0) is 11.8. The highest BCUT2D eigenvalue weighted by Crippen LogP contribution is 2.48. The normalized spacial score (nSPS) is 20.1. The van der Waals surface area contributed by atoms with E-state index >= 15 is 0 Å². The quantitative estimate of drug-likeness (QED) is 0.858. The molecule has 1 saturated carbocycles. The third-order valence-electron chi connectivity index (χ3n) is 3.50. The fourth-order valence-electron chi connectivity index (χ4n) is 1.96. The molecule has 0 bridgehead atoms. The lowest BCUT2D eigenvalue weighted by molar-refractivity contribution is 0.474. The highest BCUT2D eigenvalue weighted by molar-refractivity contribution is 8.00. The van der Waals surface area contributed by atoms with Gasteiger partial charge in [-0.1, -0.05) is 13.8 Å². The number of nitrogens with zero attached hydrogens (tertiary/aromatic N) is 2. The van der Waals surface area contributed by atoms with E-state index in [1.54, 1.807) is 0 Å². The average Bonchev–Trinajstić information content (AvgIpc) is 2.88. The van der Waals surface area contributed by atoms with Crippen molar-refractivity contribution in [1.82, 2.24) is 9.55 Å². The van der Waals surface area contributed by atoms with Crippen LogP contribution >= 0.6 is 11.8 Å². The first kappa shape index (κ1) is 12.0. The van der Waals surface area contributed by atoms with E-state index in [0.29, 0.717) is 10.7 Å². The first-order valence-electron chi connectivity index (χ1n) is 5.89. The van der Waals surface area contributed by atoms with Gasteiger partial charge in [0.25, 0.3) is 0 Å². The van der Waals surface area contributed by atoms with Crippen LogP contribution in [0.5, 0.6) is 0 Å². The van der Waals surface area contributed by atoms with Crippen LogP contribution in [0.3, 0.4) is 0 Å². The molecule has 1 atom stereocenters. The molecule has 1 heterocycles. The summed E-state index contributed by atoms with van der Waals surface area (Å²) in [5.41, 5.74) is 7.37. The van der Waals surface area contributed by atoms with Gasteiger partial charge >= 0.3 is 0 Å². The highest BCUT2D eigenvalue weighted by Gasteiger charge is 2.42. The van der Waals surface area contributed by atoms with Crippen molar-refractivity contribution >= 4 is 11.8 Å². The number of aromatic nitrogens is 2. The average molecular weight is 239 g/mol. The summed E-state index contributed by atoms with van der Waals surface area (Å²) < 4.78 is 2.71. The van der Waals surface area contributed by atoms with Crippen molar-refractivity contribution in [2.24, 2.45) is 11.7 Å². The molecule has 1 aromatic heterocycles. The number of thioether (sulfide) groups is 1. The van der Waals surface area contributed by atoms with Crippen LogP contribution in [-0.4, -0.2) is 20.6 Å². The second-order valence-corrected chi connectivity index (χ2v) is 6.38. The van der Waals surface area contributed by atoms with Crippen LogP contribution in [-0.2, 0) is 6.54 Å². The van der Waals surface area contributed by atoms with E-state index in [1.165, 1.54) is 18.5 Å². The molecule has 1 aliphatic rings. The Labute approximate surface area is 102 Å². The topological polar surface area (TPSA) is 43.8 Å². The molecule has 4 heteroatoms. The third kappa shape index (κ3) is 2.28. The molecule has 1 unspecified atom stereocenters. The van der Waals surface area contributed by atoms with Crippen LogP contribution in [0.25, 0.3) is 0 Å². The molecule has 2 N–H and O–H groups in total. The molecule has 3 nitrogen and oxygen atoms in total. The molecule has 2 rings (SSSR count). The van der Waals surface area contributed by atoms with Crippen LogP contribution in [0, 0.1) is 5.92 Å². The first-order chi connectivity index (χ1) is 7.58. The summed E-state index contributed by atoms with van der Waals surface area (Å²) >= 11 is 1.98. The standard InChI is InChI=1S/C12H21N3S/c1-9(2)11(13)10-6-14-8-15(10)7-12(16-3)4-5-12/h6,8-9,11H,4-5,7,13H2,1-3H3. The van der Waals surface area contributed by atoms with Gasteiger partial charge in [-0.3, -0.25) is 0 Å². The molecule has 0 saturated heterocycles. The van der Waals surface area contributed by atoms with Crippen LogP contribution in [0.4, 0.5) is 0 Å². The minimum Gasteiger partial charge on any atom is -0.332 e. The Morgan fingerprint density at radius 3 is 2.75 bits per heavy atom. The van der Waals surface area contributed by atoms with Crippen molar-refractivity contribution in [2.45, 2.75) is 44.0 Å². The minimum atomic E-state index is 0.0974. The Morgan fingerprint density at radius 1 is 1.56 bits per heavy atom. The monoisotopic (exact) mass is 239 g/mol. The number of nitrogens with two attached hydrogens (primary N) is 1. The molecule has 1 fully saturated rings. The van der Waals surface area contributed by atoms with Gasteiger partial charge in [0, 0.05) is 23.5 Å². The number of hydrogen-bond acceptors (Lipinski definition) is 3. The third-order valence-corrected chi connectivity index (χ3v) is 4.91. The summed E-state index contributed by atoms with van der Waals surface area (Å²) in [6.45, 7) is 5.37. The lowest BCUT2D eigenvalue weighted by Gasteiger charge is -2.20. The van der Waals surface area contributed by atoms with E-state index in [2.05, 4.69) is 29.7 Å². The summed E-state index contributed by atoms with van der Waals surface area (Å²) in [5.74, 6) is 0.458. The molecule has 0 aliphatic heterocycles. The molecule has 1 aliphatic carbocycles. The predicted molar refractivity (Wildman–Crippen MR) is 69.5 cm³/mol. The van der Waals surface area contributed by atoms with Gasteiger partial charge in [-0.25, -0.2) is 4.98 Å². The summed E-state index contributed by atoms with van der Waals surface area (Å²) in [4.78, 5) is 4.25. The van der Waals surface area contributed by atoms with E-state index in [4.69, 9.17) is 5.73 Å². The molecular weight excluding hydrogens is 218 g/mol. The van der Waals surface area contributed by atoms with Gasteiger partial charge < -0.3 is 10.3 Å². The highest BCUT2D eigenvalue weighted by atomic mass is 32.2. The number of rotatable bonds is 5. The Morgan fingerprint density at radius 2 is 2.25 bits per heavy atom. The van der Waals surface area contributed by atoms with Crippen molar-refractivity contribution in [3.63, 3.8) is 0 Å². The molecule has 1 aromatic rings. The van der Waals surface area contributed by atoms with E-state index < -0.39 is 0 Å². The lowest BCUT2D eigenvalue weighted by atomic mass is 10.0. The van der Waals surface area contributed by atoms with Crippen molar-refractivity contribution in [3.8, 4) is 0 Å². The maximum Gasteiger partial charge on any atom is 0.0949 e. The Kier molecular flexibility index (Phi) is 3.31. The minimum absolute atomic E-state index is 0.0974. The van der Waals surface area contributed by atoms with Crippen LogP contribution < -0.4 is 5.73 Å². The fraction of sp³-hybridized carbons (Fsp3) is 0.750.